The number of carbonyl (C=O) groups excluding carboxylic acids is 1. The summed E-state index contributed by atoms with van der Waals surface area (Å²) in [7, 11) is 0. The summed E-state index contributed by atoms with van der Waals surface area (Å²) in [5, 5.41) is 1.29. The van der Waals surface area contributed by atoms with Gasteiger partial charge in [-0.2, -0.15) is 0 Å². The Hall–Kier alpha value is -1.29. The molecular formula is C14H10Cl3NO2. The minimum absolute atomic E-state index is 0.0273. The predicted octanol–water partition coefficient (Wildman–Crippen LogP) is 4.33. The van der Waals surface area contributed by atoms with Crippen LogP contribution in [-0.4, -0.2) is 11.0 Å². The van der Waals surface area contributed by atoms with E-state index in [-0.39, 0.29) is 13.0 Å². The molecule has 0 radical (unpaired) electrons. The van der Waals surface area contributed by atoms with Crippen LogP contribution in [0.5, 0.6) is 0 Å². The van der Waals surface area contributed by atoms with Crippen molar-refractivity contribution in [1.82, 2.24) is 4.98 Å². The van der Waals surface area contributed by atoms with E-state index in [0.717, 1.165) is 5.56 Å². The highest BCUT2D eigenvalue weighted by Gasteiger charge is 2.12. The first-order valence-corrected chi connectivity index (χ1v) is 6.88. The lowest BCUT2D eigenvalue weighted by Gasteiger charge is -2.07. The molecule has 6 heteroatoms. The zero-order valence-corrected chi connectivity index (χ0v) is 12.5. The summed E-state index contributed by atoms with van der Waals surface area (Å²) in [4.78, 5) is 15.7. The Morgan fingerprint density at radius 2 is 1.80 bits per heavy atom. The van der Waals surface area contributed by atoms with Crippen LogP contribution >= 0.6 is 34.8 Å². The molecule has 0 aliphatic heterocycles. The average molecular weight is 331 g/mol. The molecule has 0 fully saturated rings. The Morgan fingerprint density at radius 1 is 1.10 bits per heavy atom. The topological polar surface area (TPSA) is 39.2 Å². The van der Waals surface area contributed by atoms with Crippen molar-refractivity contribution >= 4 is 40.8 Å². The van der Waals surface area contributed by atoms with Crippen LogP contribution in [0.4, 0.5) is 0 Å². The monoisotopic (exact) mass is 329 g/mol. The van der Waals surface area contributed by atoms with Crippen LogP contribution < -0.4 is 0 Å². The van der Waals surface area contributed by atoms with Crippen molar-refractivity contribution in [1.29, 1.82) is 0 Å². The molecule has 2 rings (SSSR count). The van der Waals surface area contributed by atoms with E-state index in [2.05, 4.69) is 4.98 Å². The summed E-state index contributed by atoms with van der Waals surface area (Å²) >= 11 is 17.7. The first-order chi connectivity index (χ1) is 9.56. The van der Waals surface area contributed by atoms with Crippen LogP contribution in [0.25, 0.3) is 0 Å². The lowest BCUT2D eigenvalue weighted by Crippen LogP contribution is -2.09. The molecule has 0 saturated carbocycles. The largest absolute Gasteiger partial charge is 0.460 e. The number of rotatable bonds is 4. The van der Waals surface area contributed by atoms with E-state index in [1.807, 2.05) is 0 Å². The van der Waals surface area contributed by atoms with Gasteiger partial charge in [0.15, 0.2) is 0 Å². The number of pyridine rings is 1. The van der Waals surface area contributed by atoms with Crippen LogP contribution in [0.15, 0.2) is 36.5 Å². The Balaban J connectivity index is 1.94. The van der Waals surface area contributed by atoms with E-state index < -0.39 is 5.97 Å². The van der Waals surface area contributed by atoms with Gasteiger partial charge in [-0.15, -0.1) is 0 Å². The first kappa shape index (κ1) is 15.1. The molecule has 104 valence electrons. The van der Waals surface area contributed by atoms with Gasteiger partial charge in [0.1, 0.15) is 11.8 Å². The van der Waals surface area contributed by atoms with Gasteiger partial charge in [0.05, 0.1) is 6.42 Å². The SMILES string of the molecule is O=C(Cc1c(Cl)cccc1Cl)OCc1ccc(Cl)nc1. The molecule has 20 heavy (non-hydrogen) atoms. The van der Waals surface area contributed by atoms with Crippen molar-refractivity contribution < 1.29 is 9.53 Å². The Kier molecular flexibility index (Phi) is 5.24. The van der Waals surface area contributed by atoms with Gasteiger partial charge in [0.25, 0.3) is 0 Å². The maximum absolute atomic E-state index is 11.8. The number of esters is 1. The fourth-order valence-electron chi connectivity index (χ4n) is 1.55. The third-order valence-electron chi connectivity index (χ3n) is 2.57. The van der Waals surface area contributed by atoms with Gasteiger partial charge in [-0.3, -0.25) is 4.79 Å². The molecular weight excluding hydrogens is 321 g/mol. The maximum atomic E-state index is 11.8. The summed E-state index contributed by atoms with van der Waals surface area (Å²) in [6.07, 6.45) is 1.58. The van der Waals surface area contributed by atoms with Crippen molar-refractivity contribution in [3.8, 4) is 0 Å². The second-order valence-electron chi connectivity index (χ2n) is 4.03. The van der Waals surface area contributed by atoms with Gasteiger partial charge in [0.2, 0.25) is 0 Å². The van der Waals surface area contributed by atoms with E-state index in [9.17, 15) is 4.79 Å². The number of ether oxygens (including phenoxy) is 1. The standard InChI is InChI=1S/C14H10Cl3NO2/c15-11-2-1-3-12(16)10(11)6-14(19)20-8-9-4-5-13(17)18-7-9/h1-5,7H,6,8H2. The van der Waals surface area contributed by atoms with Crippen molar-refractivity contribution in [3.63, 3.8) is 0 Å². The predicted molar refractivity (Wildman–Crippen MR) is 79.2 cm³/mol. The Bertz CT molecular complexity index is 594. The van der Waals surface area contributed by atoms with E-state index in [1.54, 1.807) is 36.5 Å². The third kappa shape index (κ3) is 4.10. The highest BCUT2D eigenvalue weighted by Crippen LogP contribution is 2.25. The lowest BCUT2D eigenvalue weighted by molar-refractivity contribution is -0.144. The van der Waals surface area contributed by atoms with Gasteiger partial charge in [-0.25, -0.2) is 4.98 Å². The van der Waals surface area contributed by atoms with Gasteiger partial charge < -0.3 is 4.74 Å². The van der Waals surface area contributed by atoms with Crippen molar-refractivity contribution in [2.24, 2.45) is 0 Å². The summed E-state index contributed by atoms with van der Waals surface area (Å²) < 4.78 is 5.14. The molecule has 0 N–H and O–H groups in total. The molecule has 0 aliphatic carbocycles. The van der Waals surface area contributed by atoms with Gasteiger partial charge in [0, 0.05) is 27.4 Å². The Morgan fingerprint density at radius 3 is 2.40 bits per heavy atom. The van der Waals surface area contributed by atoms with Crippen molar-refractivity contribution in [2.45, 2.75) is 13.0 Å². The summed E-state index contributed by atoms with van der Waals surface area (Å²) in [6.45, 7) is 0.130. The second-order valence-corrected chi connectivity index (χ2v) is 5.23. The molecule has 0 unspecified atom stereocenters. The number of hydrogen-bond donors (Lipinski definition) is 0. The number of benzene rings is 1. The molecule has 1 aromatic carbocycles. The normalized spacial score (nSPS) is 10.3. The van der Waals surface area contributed by atoms with Crippen LogP contribution in [0, 0.1) is 0 Å². The number of carbonyl (C=O) groups is 1. The number of nitrogens with zero attached hydrogens (tertiary/aromatic N) is 1. The molecule has 0 saturated heterocycles. The number of aromatic nitrogens is 1. The van der Waals surface area contributed by atoms with Crippen molar-refractivity contribution in [2.75, 3.05) is 0 Å². The highest BCUT2D eigenvalue weighted by atomic mass is 35.5. The zero-order valence-electron chi connectivity index (χ0n) is 10.3. The fourth-order valence-corrected chi connectivity index (χ4v) is 2.20. The molecule has 0 amide bonds. The van der Waals surface area contributed by atoms with Crippen LogP contribution in [0.3, 0.4) is 0 Å². The van der Waals surface area contributed by atoms with Crippen LogP contribution in [0.1, 0.15) is 11.1 Å². The molecule has 2 aromatic rings. The van der Waals surface area contributed by atoms with E-state index >= 15 is 0 Å². The molecule has 0 atom stereocenters. The minimum Gasteiger partial charge on any atom is -0.460 e. The van der Waals surface area contributed by atoms with Crippen LogP contribution in [0.2, 0.25) is 15.2 Å². The summed E-state index contributed by atoms with van der Waals surface area (Å²) in [5.41, 5.74) is 1.32. The fraction of sp³-hybridized carbons (Fsp3) is 0.143. The van der Waals surface area contributed by atoms with Gasteiger partial charge in [-0.1, -0.05) is 46.9 Å². The van der Waals surface area contributed by atoms with E-state index in [1.165, 1.54) is 0 Å². The Labute approximate surface area is 131 Å². The summed E-state index contributed by atoms with van der Waals surface area (Å²) in [5.74, 6) is -0.407. The number of halogens is 3. The average Bonchev–Trinajstić information content (AvgIpc) is 2.42. The molecule has 0 aliphatic rings. The van der Waals surface area contributed by atoms with Gasteiger partial charge >= 0.3 is 5.97 Å². The minimum atomic E-state index is -0.407. The van der Waals surface area contributed by atoms with Gasteiger partial charge in [-0.05, 0) is 18.2 Å². The molecule has 0 bridgehead atoms. The van der Waals surface area contributed by atoms with E-state index in [0.29, 0.717) is 20.8 Å². The maximum Gasteiger partial charge on any atom is 0.310 e. The van der Waals surface area contributed by atoms with E-state index in [4.69, 9.17) is 39.5 Å². The lowest BCUT2D eigenvalue weighted by atomic mass is 10.1. The molecule has 3 nitrogen and oxygen atoms in total. The first-order valence-electron chi connectivity index (χ1n) is 5.75. The number of hydrogen-bond acceptors (Lipinski definition) is 3. The third-order valence-corrected chi connectivity index (χ3v) is 3.50. The molecule has 1 aromatic heterocycles. The molecule has 1 heterocycles. The molecule has 0 spiro atoms. The second kappa shape index (κ2) is 6.93. The zero-order chi connectivity index (χ0) is 14.5. The highest BCUT2D eigenvalue weighted by molar-refractivity contribution is 6.36. The summed E-state index contributed by atoms with van der Waals surface area (Å²) in [6, 6.07) is 8.46. The smallest absolute Gasteiger partial charge is 0.310 e. The van der Waals surface area contributed by atoms with Crippen LogP contribution in [-0.2, 0) is 22.6 Å². The quantitative estimate of drug-likeness (QED) is 0.619. The van der Waals surface area contributed by atoms with Crippen molar-refractivity contribution in [3.05, 3.63) is 62.9 Å².